The number of pyridine rings is 1. The molecule has 4 nitrogen and oxygen atoms in total. The van der Waals surface area contributed by atoms with E-state index in [1.54, 1.807) is 0 Å². The van der Waals surface area contributed by atoms with Crippen molar-refractivity contribution in [1.82, 2.24) is 4.98 Å². The third-order valence-corrected chi connectivity index (χ3v) is 4.68. The molecule has 2 aromatic heterocycles. The highest BCUT2D eigenvalue weighted by Gasteiger charge is 2.21. The number of hydrogen-bond acceptors (Lipinski definition) is 2. The molecular formula is C22H21N4+. The van der Waals surface area contributed by atoms with Crippen LogP contribution < -0.4 is 9.72 Å². The average molecular weight is 341 g/mol. The van der Waals surface area contributed by atoms with Gasteiger partial charge in [-0.25, -0.2) is 0 Å². The van der Waals surface area contributed by atoms with Crippen LogP contribution in [0.5, 0.6) is 0 Å². The van der Waals surface area contributed by atoms with Gasteiger partial charge in [0, 0.05) is 6.07 Å². The minimum Gasteiger partial charge on any atom is -0.301 e. The second-order valence-electron chi connectivity index (χ2n) is 6.46. The van der Waals surface area contributed by atoms with Gasteiger partial charge < -0.3 is 5.32 Å². The number of nitriles is 1. The molecule has 4 rings (SSSR count). The quantitative estimate of drug-likeness (QED) is 0.531. The third kappa shape index (κ3) is 2.78. The van der Waals surface area contributed by atoms with E-state index < -0.39 is 0 Å². The first-order valence-electron chi connectivity index (χ1n) is 8.98. The molecule has 0 saturated heterocycles. The lowest BCUT2D eigenvalue weighted by atomic mass is 10.1. The number of rotatable bonds is 5. The van der Waals surface area contributed by atoms with E-state index in [0.29, 0.717) is 0 Å². The lowest BCUT2D eigenvalue weighted by Crippen LogP contribution is -2.27. The van der Waals surface area contributed by atoms with Gasteiger partial charge in [-0.3, -0.25) is 4.98 Å². The van der Waals surface area contributed by atoms with Gasteiger partial charge in [-0.2, -0.15) is 9.66 Å². The van der Waals surface area contributed by atoms with Crippen molar-refractivity contribution < 1.29 is 4.40 Å². The van der Waals surface area contributed by atoms with Gasteiger partial charge in [0.1, 0.15) is 22.7 Å². The number of nitrogens with one attached hydrogen (secondary N) is 2. The summed E-state index contributed by atoms with van der Waals surface area (Å²) in [5.74, 6) is 1.00. The van der Waals surface area contributed by atoms with Crippen molar-refractivity contribution in [1.29, 1.82) is 5.26 Å². The smallest absolute Gasteiger partial charge is 0.250 e. The molecule has 0 amide bonds. The molecule has 0 aliphatic heterocycles. The number of anilines is 1. The summed E-state index contributed by atoms with van der Waals surface area (Å²) in [4.78, 5) is 3.44. The van der Waals surface area contributed by atoms with E-state index in [1.807, 2.05) is 36.4 Å². The SMILES string of the molecule is CCCc1cc(NCc2ccccc2)[n+]2c([nH]c3ccccc32)c1C#N. The summed E-state index contributed by atoms with van der Waals surface area (Å²) in [6.45, 7) is 2.88. The molecule has 128 valence electrons. The van der Waals surface area contributed by atoms with Crippen LogP contribution in [0.15, 0.2) is 60.7 Å². The number of aromatic amines is 1. The average Bonchev–Trinajstić information content (AvgIpc) is 3.07. The van der Waals surface area contributed by atoms with Crippen molar-refractivity contribution >= 4 is 22.5 Å². The summed E-state index contributed by atoms with van der Waals surface area (Å²) in [6.07, 6.45) is 1.89. The molecule has 0 fully saturated rings. The summed E-state index contributed by atoms with van der Waals surface area (Å²) in [5.41, 5.74) is 5.99. The number of fused-ring (bicyclic) bond motifs is 3. The normalized spacial score (nSPS) is 10.9. The maximum absolute atomic E-state index is 9.76. The summed E-state index contributed by atoms with van der Waals surface area (Å²) in [7, 11) is 0. The van der Waals surface area contributed by atoms with Crippen molar-refractivity contribution in [3.05, 3.63) is 77.4 Å². The number of imidazole rings is 1. The van der Waals surface area contributed by atoms with E-state index in [9.17, 15) is 5.26 Å². The van der Waals surface area contributed by atoms with Crippen LogP contribution >= 0.6 is 0 Å². The Morgan fingerprint density at radius 2 is 1.85 bits per heavy atom. The zero-order valence-corrected chi connectivity index (χ0v) is 14.8. The van der Waals surface area contributed by atoms with Gasteiger partial charge in [-0.15, -0.1) is 0 Å². The van der Waals surface area contributed by atoms with Gasteiger partial charge in [0.05, 0.1) is 6.54 Å². The number of benzene rings is 2. The van der Waals surface area contributed by atoms with E-state index >= 15 is 0 Å². The Kier molecular flexibility index (Phi) is 4.28. The molecule has 0 bridgehead atoms. The predicted octanol–water partition coefficient (Wildman–Crippen LogP) is 4.34. The third-order valence-electron chi connectivity index (χ3n) is 4.68. The number of aryl methyl sites for hydroxylation is 1. The molecule has 0 atom stereocenters. The molecule has 0 unspecified atom stereocenters. The second-order valence-corrected chi connectivity index (χ2v) is 6.46. The van der Waals surface area contributed by atoms with Crippen LogP contribution in [0, 0.1) is 11.3 Å². The van der Waals surface area contributed by atoms with Crippen LogP contribution in [-0.2, 0) is 13.0 Å². The number of aromatic nitrogens is 2. The fourth-order valence-corrected chi connectivity index (χ4v) is 3.47. The first kappa shape index (κ1) is 16.2. The van der Waals surface area contributed by atoms with E-state index in [-0.39, 0.29) is 0 Å². The fraction of sp³-hybridized carbons (Fsp3) is 0.182. The molecule has 0 spiro atoms. The standard InChI is InChI=1S/C22H20N4/c1-2-8-17-13-21(24-15-16-9-4-3-5-10-16)26-20-12-7-6-11-19(20)25-22(26)18(17)14-23/h3-7,9-13H,2,8,15H2,1H3,(H,24,25)/p+1. The first-order valence-corrected chi connectivity index (χ1v) is 8.98. The van der Waals surface area contributed by atoms with E-state index in [1.165, 1.54) is 5.56 Å². The van der Waals surface area contributed by atoms with Crippen LogP contribution in [0.25, 0.3) is 16.7 Å². The van der Waals surface area contributed by atoms with E-state index in [4.69, 9.17) is 0 Å². The lowest BCUT2D eigenvalue weighted by molar-refractivity contribution is -0.465. The molecule has 0 radical (unpaired) electrons. The van der Waals surface area contributed by atoms with Crippen LogP contribution in [0.3, 0.4) is 0 Å². The van der Waals surface area contributed by atoms with Crippen LogP contribution in [0.1, 0.15) is 30.0 Å². The molecule has 0 saturated carbocycles. The fourth-order valence-electron chi connectivity index (χ4n) is 3.47. The second kappa shape index (κ2) is 6.89. The highest BCUT2D eigenvalue weighted by atomic mass is 15.1. The molecular weight excluding hydrogens is 320 g/mol. The number of para-hydroxylation sites is 2. The van der Waals surface area contributed by atoms with Gasteiger partial charge in [0.15, 0.2) is 0 Å². The van der Waals surface area contributed by atoms with Crippen molar-refractivity contribution in [3.63, 3.8) is 0 Å². The van der Waals surface area contributed by atoms with Crippen molar-refractivity contribution in [2.24, 2.45) is 0 Å². The molecule has 2 heterocycles. The first-order chi connectivity index (χ1) is 12.8. The Hall–Kier alpha value is -3.32. The predicted molar refractivity (Wildman–Crippen MR) is 104 cm³/mol. The zero-order valence-electron chi connectivity index (χ0n) is 14.8. The maximum Gasteiger partial charge on any atom is 0.250 e. The summed E-state index contributed by atoms with van der Waals surface area (Å²) in [5, 5.41) is 13.3. The highest BCUT2D eigenvalue weighted by Crippen LogP contribution is 2.22. The molecule has 4 aromatic rings. The summed E-state index contributed by atoms with van der Waals surface area (Å²) in [6, 6.07) is 23.0. The Morgan fingerprint density at radius 3 is 2.62 bits per heavy atom. The summed E-state index contributed by atoms with van der Waals surface area (Å²) < 4.78 is 2.12. The van der Waals surface area contributed by atoms with Crippen LogP contribution in [-0.4, -0.2) is 4.98 Å². The minimum atomic E-state index is 0.730. The highest BCUT2D eigenvalue weighted by molar-refractivity contribution is 5.77. The molecule has 26 heavy (non-hydrogen) atoms. The monoisotopic (exact) mass is 341 g/mol. The van der Waals surface area contributed by atoms with E-state index in [0.717, 1.165) is 53.0 Å². The molecule has 0 aliphatic carbocycles. The number of hydrogen-bond donors (Lipinski definition) is 2. The zero-order chi connectivity index (χ0) is 17.9. The topological polar surface area (TPSA) is 55.7 Å². The van der Waals surface area contributed by atoms with Crippen molar-refractivity contribution in [3.8, 4) is 6.07 Å². The molecule has 4 heteroatoms. The Morgan fingerprint density at radius 1 is 1.08 bits per heavy atom. The van der Waals surface area contributed by atoms with Gasteiger partial charge in [-0.1, -0.05) is 55.8 Å². The Balaban J connectivity index is 1.90. The molecule has 2 aromatic carbocycles. The van der Waals surface area contributed by atoms with Crippen LogP contribution in [0.2, 0.25) is 0 Å². The molecule has 2 N–H and O–H groups in total. The van der Waals surface area contributed by atoms with Gasteiger partial charge >= 0.3 is 0 Å². The molecule has 0 aliphatic rings. The maximum atomic E-state index is 9.76. The lowest BCUT2D eigenvalue weighted by Gasteiger charge is -2.08. The summed E-state index contributed by atoms with van der Waals surface area (Å²) >= 11 is 0. The van der Waals surface area contributed by atoms with Crippen LogP contribution in [0.4, 0.5) is 5.82 Å². The van der Waals surface area contributed by atoms with Gasteiger partial charge in [-0.05, 0) is 29.7 Å². The van der Waals surface area contributed by atoms with E-state index in [2.05, 4.69) is 52.0 Å². The van der Waals surface area contributed by atoms with Crippen molar-refractivity contribution in [2.75, 3.05) is 5.32 Å². The van der Waals surface area contributed by atoms with Crippen molar-refractivity contribution in [2.45, 2.75) is 26.3 Å². The number of nitrogens with zero attached hydrogens (tertiary/aromatic N) is 2. The number of H-pyrrole nitrogens is 1. The van der Waals surface area contributed by atoms with Gasteiger partial charge in [0.25, 0.3) is 0 Å². The Bertz CT molecular complexity index is 1100. The van der Waals surface area contributed by atoms with Gasteiger partial charge in [0.2, 0.25) is 11.5 Å². The minimum absolute atomic E-state index is 0.730. The Labute approximate surface area is 152 Å². The largest absolute Gasteiger partial charge is 0.301 e.